The Bertz CT molecular complexity index is 1400. The van der Waals surface area contributed by atoms with Crippen molar-refractivity contribution >= 4 is 38.2 Å². The summed E-state index contributed by atoms with van der Waals surface area (Å²) in [5.74, 6) is 1.07. The van der Waals surface area contributed by atoms with Gasteiger partial charge in [-0.15, -0.1) is 0 Å². The van der Waals surface area contributed by atoms with Crippen LogP contribution in [-0.2, 0) is 14.5 Å². The molecule has 0 bridgehead atoms. The van der Waals surface area contributed by atoms with E-state index < -0.39 is 16.4 Å². The normalized spacial score (nSPS) is 21.1. The Morgan fingerprint density at radius 1 is 1.18 bits per heavy atom. The molecule has 4 aromatic rings. The number of aliphatic hydroxyl groups is 1. The third-order valence-corrected chi connectivity index (χ3v) is 6.40. The minimum absolute atomic E-state index is 0.115. The van der Waals surface area contributed by atoms with Crippen molar-refractivity contribution in [3.8, 4) is 11.4 Å². The molecule has 1 saturated carbocycles. The first kappa shape index (κ1) is 21.6. The monoisotopic (exact) mass is 469 g/mol. The van der Waals surface area contributed by atoms with E-state index in [0.717, 1.165) is 16.5 Å². The van der Waals surface area contributed by atoms with Crippen LogP contribution >= 0.6 is 0 Å². The molecule has 5 rings (SSSR count). The van der Waals surface area contributed by atoms with Crippen molar-refractivity contribution in [3.63, 3.8) is 0 Å². The van der Waals surface area contributed by atoms with Gasteiger partial charge in [0, 0.05) is 29.6 Å². The van der Waals surface area contributed by atoms with Crippen LogP contribution in [0.15, 0.2) is 42.9 Å². The number of para-hydroxylation sites is 1. The maximum atomic E-state index is 11.0. The van der Waals surface area contributed by atoms with Gasteiger partial charge in [-0.25, -0.2) is 20.1 Å². The zero-order chi connectivity index (χ0) is 23.0. The van der Waals surface area contributed by atoms with E-state index in [1.807, 2.05) is 30.3 Å². The molecule has 0 spiro atoms. The average molecular weight is 470 g/mol. The summed E-state index contributed by atoms with van der Waals surface area (Å²) in [6.07, 6.45) is 3.67. The first-order valence-electron chi connectivity index (χ1n) is 10.5. The van der Waals surface area contributed by atoms with Gasteiger partial charge in [0.2, 0.25) is 0 Å². The van der Waals surface area contributed by atoms with Crippen LogP contribution in [0.2, 0.25) is 0 Å². The van der Waals surface area contributed by atoms with Gasteiger partial charge in [-0.3, -0.25) is 9.17 Å². The minimum Gasteiger partial charge on any atom is -0.393 e. The highest BCUT2D eigenvalue weighted by molar-refractivity contribution is 7.84. The van der Waals surface area contributed by atoms with Crippen molar-refractivity contribution in [3.05, 3.63) is 42.9 Å². The first-order chi connectivity index (χ1) is 15.9. The Balaban J connectivity index is 1.33. The van der Waals surface area contributed by atoms with Crippen molar-refractivity contribution < 1.29 is 17.7 Å². The van der Waals surface area contributed by atoms with Crippen LogP contribution in [-0.4, -0.2) is 57.7 Å². The molecule has 3 aromatic heterocycles. The lowest BCUT2D eigenvalue weighted by Crippen LogP contribution is -2.24. The maximum absolute atomic E-state index is 11.0. The third-order valence-electron chi connectivity index (χ3n) is 5.94. The summed E-state index contributed by atoms with van der Waals surface area (Å²) in [4.78, 5) is 21.1. The zero-order valence-electron chi connectivity index (χ0n) is 17.5. The Morgan fingerprint density at radius 2 is 2.03 bits per heavy atom. The van der Waals surface area contributed by atoms with E-state index in [0.29, 0.717) is 42.2 Å². The van der Waals surface area contributed by atoms with E-state index in [9.17, 15) is 13.5 Å². The predicted molar refractivity (Wildman–Crippen MR) is 122 cm³/mol. The fourth-order valence-electron chi connectivity index (χ4n) is 4.37. The number of benzene rings is 1. The zero-order valence-corrected chi connectivity index (χ0v) is 18.4. The number of pyridine rings is 1. The van der Waals surface area contributed by atoms with Crippen LogP contribution in [0.25, 0.3) is 33.5 Å². The molecule has 33 heavy (non-hydrogen) atoms. The van der Waals surface area contributed by atoms with Crippen molar-refractivity contribution in [1.29, 1.82) is 0 Å². The van der Waals surface area contributed by atoms with Crippen LogP contribution in [0, 0.1) is 11.8 Å². The van der Waals surface area contributed by atoms with Gasteiger partial charge >= 0.3 is 10.3 Å². The van der Waals surface area contributed by atoms with E-state index in [1.165, 1.54) is 6.33 Å². The molecule has 1 fully saturated rings. The van der Waals surface area contributed by atoms with Crippen molar-refractivity contribution in [2.75, 3.05) is 18.5 Å². The molecule has 3 atom stereocenters. The number of hydrogen-bond donors (Lipinski definition) is 4. The first-order valence-corrected chi connectivity index (χ1v) is 12.0. The fourth-order valence-corrected chi connectivity index (χ4v) is 4.73. The second-order valence-corrected chi connectivity index (χ2v) is 9.43. The van der Waals surface area contributed by atoms with E-state index in [4.69, 9.17) is 5.14 Å². The Morgan fingerprint density at radius 3 is 2.88 bits per heavy atom. The summed E-state index contributed by atoms with van der Waals surface area (Å²) in [5, 5.41) is 19.5. The molecule has 0 aliphatic heterocycles. The van der Waals surface area contributed by atoms with E-state index in [1.54, 1.807) is 6.20 Å². The molecule has 1 aromatic carbocycles. The summed E-state index contributed by atoms with van der Waals surface area (Å²) < 4.78 is 26.7. The smallest absolute Gasteiger partial charge is 0.333 e. The number of aliphatic hydroxyl groups excluding tert-OH is 1. The van der Waals surface area contributed by atoms with Crippen LogP contribution in [0.4, 0.5) is 5.82 Å². The lowest BCUT2D eigenvalue weighted by Gasteiger charge is -2.13. The van der Waals surface area contributed by atoms with E-state index >= 15 is 0 Å². The second kappa shape index (κ2) is 8.63. The number of anilines is 1. The SMILES string of the molecule is NS(=O)(=O)OC[C@@H]1C[C@@H](CNc2ncnc3nc(-c4cccc5cccnc45)[nH]c23)C[C@@H]1O. The number of hydrogen-bond acceptors (Lipinski definition) is 9. The molecule has 1 aliphatic carbocycles. The molecule has 0 amide bonds. The highest BCUT2D eigenvalue weighted by atomic mass is 32.2. The fraction of sp³-hybridized carbons (Fsp3) is 0.333. The molecule has 1 aliphatic rings. The lowest BCUT2D eigenvalue weighted by molar-refractivity contribution is 0.100. The van der Waals surface area contributed by atoms with E-state index in [-0.39, 0.29) is 18.4 Å². The van der Waals surface area contributed by atoms with Gasteiger partial charge in [-0.1, -0.05) is 18.2 Å². The molecule has 12 heteroatoms. The predicted octanol–water partition coefficient (Wildman–Crippen LogP) is 1.59. The summed E-state index contributed by atoms with van der Waals surface area (Å²) in [6.45, 7) is 0.413. The molecule has 0 saturated heterocycles. The Hall–Kier alpha value is -3.19. The van der Waals surface area contributed by atoms with Crippen molar-refractivity contribution in [2.24, 2.45) is 17.0 Å². The molecule has 11 nitrogen and oxygen atoms in total. The molecule has 5 N–H and O–H groups in total. The van der Waals surface area contributed by atoms with Gasteiger partial charge in [0.05, 0.1) is 18.2 Å². The maximum Gasteiger partial charge on any atom is 0.333 e. The summed E-state index contributed by atoms with van der Waals surface area (Å²) in [5.41, 5.74) is 2.91. The van der Waals surface area contributed by atoms with Gasteiger partial charge in [0.1, 0.15) is 17.7 Å². The second-order valence-electron chi connectivity index (χ2n) is 8.21. The number of fused-ring (bicyclic) bond motifs is 2. The summed E-state index contributed by atoms with van der Waals surface area (Å²) in [6, 6.07) is 9.80. The van der Waals surface area contributed by atoms with Crippen LogP contribution in [0.1, 0.15) is 12.8 Å². The van der Waals surface area contributed by atoms with Crippen LogP contribution in [0.3, 0.4) is 0 Å². The largest absolute Gasteiger partial charge is 0.393 e. The van der Waals surface area contributed by atoms with Crippen molar-refractivity contribution in [1.82, 2.24) is 24.9 Å². The summed E-state index contributed by atoms with van der Waals surface area (Å²) >= 11 is 0. The quantitative estimate of drug-likeness (QED) is 0.314. The highest BCUT2D eigenvalue weighted by Gasteiger charge is 2.34. The number of rotatable bonds is 7. The molecule has 0 unspecified atom stereocenters. The molecule has 0 radical (unpaired) electrons. The minimum atomic E-state index is -4.03. The van der Waals surface area contributed by atoms with Gasteiger partial charge < -0.3 is 15.4 Å². The van der Waals surface area contributed by atoms with Gasteiger partial charge in [0.15, 0.2) is 11.5 Å². The number of aromatic nitrogens is 5. The number of nitrogens with two attached hydrogens (primary N) is 1. The van der Waals surface area contributed by atoms with Gasteiger partial charge in [-0.05, 0) is 30.9 Å². The Labute approximate surface area is 189 Å². The number of imidazole rings is 1. The third kappa shape index (κ3) is 4.64. The average Bonchev–Trinajstić information content (AvgIpc) is 3.38. The lowest BCUT2D eigenvalue weighted by atomic mass is 10.1. The molecular formula is C21H23N7O4S. The van der Waals surface area contributed by atoms with Crippen LogP contribution < -0.4 is 10.5 Å². The van der Waals surface area contributed by atoms with Gasteiger partial charge in [0.25, 0.3) is 0 Å². The highest BCUT2D eigenvalue weighted by Crippen LogP contribution is 2.33. The number of nitrogens with one attached hydrogen (secondary N) is 2. The topological polar surface area (TPSA) is 169 Å². The van der Waals surface area contributed by atoms with Crippen LogP contribution in [0.5, 0.6) is 0 Å². The number of nitrogens with zero attached hydrogens (tertiary/aromatic N) is 4. The molecule has 172 valence electrons. The van der Waals surface area contributed by atoms with Gasteiger partial charge in [-0.2, -0.15) is 8.42 Å². The summed E-state index contributed by atoms with van der Waals surface area (Å²) in [7, 11) is -4.03. The van der Waals surface area contributed by atoms with Crippen molar-refractivity contribution in [2.45, 2.75) is 18.9 Å². The molecule has 3 heterocycles. The molecular weight excluding hydrogens is 446 g/mol. The van der Waals surface area contributed by atoms with E-state index in [2.05, 4.69) is 34.4 Å². The number of H-pyrrole nitrogens is 1. The number of aromatic amines is 1. The standard InChI is InChI=1S/C21H23N7O4S/c22-33(30,31)32-10-14-7-12(8-16(14)29)9-24-20-18-21(26-11-25-20)28-19(27-18)15-5-1-3-13-4-2-6-23-17(13)15/h1-6,11-12,14,16,29H,7-10H2,(H2,22,30,31)(H2,24,25,26,27,28)/t12-,14+,16+/m1/s1. The Kier molecular flexibility index (Phi) is 5.66.